The second kappa shape index (κ2) is 2.88. The fourth-order valence-corrected chi connectivity index (χ4v) is 0.839. The Bertz CT molecular complexity index is 223. The van der Waals surface area contributed by atoms with Crippen LogP contribution in [0.5, 0.6) is 0 Å². The van der Waals surface area contributed by atoms with Crippen LogP contribution in [0, 0.1) is 0 Å². The van der Waals surface area contributed by atoms with Crippen molar-refractivity contribution in [3.8, 4) is 0 Å². The van der Waals surface area contributed by atoms with Crippen molar-refractivity contribution in [2.75, 3.05) is 19.0 Å². The lowest BCUT2D eigenvalue weighted by molar-refractivity contribution is 1.12. The van der Waals surface area contributed by atoms with Crippen LogP contribution in [-0.4, -0.2) is 19.1 Å². The first-order chi connectivity index (χ1) is 4.70. The van der Waals surface area contributed by atoms with Gasteiger partial charge < -0.3 is 4.90 Å². The lowest BCUT2D eigenvalue weighted by Gasteiger charge is -2.10. The molecule has 1 rings (SSSR count). The van der Waals surface area contributed by atoms with Gasteiger partial charge in [-0.3, -0.25) is 0 Å². The lowest BCUT2D eigenvalue weighted by Crippen LogP contribution is -2.08. The van der Waals surface area contributed by atoms with Gasteiger partial charge >= 0.3 is 0 Å². The van der Waals surface area contributed by atoms with E-state index in [0.29, 0.717) is 5.15 Å². The molecule has 0 saturated carbocycles. The molecule has 0 amide bonds. The Kier molecular flexibility index (Phi) is 2.12. The van der Waals surface area contributed by atoms with Crippen molar-refractivity contribution in [3.05, 3.63) is 23.5 Å². The van der Waals surface area contributed by atoms with Gasteiger partial charge in [0.2, 0.25) is 0 Å². The maximum Gasteiger partial charge on any atom is 0.131 e. The molecule has 54 valence electrons. The molecule has 10 heavy (non-hydrogen) atoms. The molecule has 3 heteroatoms. The van der Waals surface area contributed by atoms with Crippen LogP contribution in [0.4, 0.5) is 5.69 Å². The Balaban J connectivity index is 2.96. The van der Waals surface area contributed by atoms with E-state index in [-0.39, 0.29) is 0 Å². The summed E-state index contributed by atoms with van der Waals surface area (Å²) in [5, 5.41) is 0.534. The van der Waals surface area contributed by atoms with E-state index in [0.717, 1.165) is 5.69 Å². The molecule has 1 aromatic heterocycles. The average molecular weight is 157 g/mol. The molecule has 0 radical (unpaired) electrons. The highest BCUT2D eigenvalue weighted by Gasteiger charge is 1.94. The average Bonchev–Trinajstić information content (AvgIpc) is 1.88. The second-order valence-corrected chi connectivity index (χ2v) is 2.62. The molecule has 0 N–H and O–H groups in total. The number of nitrogens with zero attached hydrogens (tertiary/aromatic N) is 2. The summed E-state index contributed by atoms with van der Waals surface area (Å²) < 4.78 is 0. The third kappa shape index (κ3) is 1.61. The van der Waals surface area contributed by atoms with Gasteiger partial charge in [0.1, 0.15) is 5.15 Å². The molecule has 0 aliphatic rings. The molecule has 0 saturated heterocycles. The minimum absolute atomic E-state index is 0.534. The molecule has 0 atom stereocenters. The molecule has 0 spiro atoms. The number of anilines is 1. The second-order valence-electron chi connectivity index (χ2n) is 2.23. The van der Waals surface area contributed by atoms with Crippen molar-refractivity contribution < 1.29 is 0 Å². The Morgan fingerprint density at radius 2 is 2.20 bits per heavy atom. The number of rotatable bonds is 1. The normalized spacial score (nSPS) is 9.50. The minimum Gasteiger partial charge on any atom is -0.378 e. The molecule has 0 bridgehead atoms. The zero-order valence-corrected chi connectivity index (χ0v) is 6.76. The molecule has 0 unspecified atom stereocenters. The van der Waals surface area contributed by atoms with Gasteiger partial charge in [0, 0.05) is 26.0 Å². The maximum absolute atomic E-state index is 5.65. The first-order valence-electron chi connectivity index (χ1n) is 2.99. The molecule has 2 nitrogen and oxygen atoms in total. The summed E-state index contributed by atoms with van der Waals surface area (Å²) in [5.74, 6) is 0. The van der Waals surface area contributed by atoms with Gasteiger partial charge in [0.25, 0.3) is 0 Å². The fourth-order valence-electron chi connectivity index (χ4n) is 0.670. The van der Waals surface area contributed by atoms with Crippen LogP contribution in [0.2, 0.25) is 5.15 Å². The van der Waals surface area contributed by atoms with Crippen LogP contribution >= 0.6 is 11.6 Å². The van der Waals surface area contributed by atoms with E-state index in [1.165, 1.54) is 0 Å². The number of hydrogen-bond donors (Lipinski definition) is 0. The van der Waals surface area contributed by atoms with Crippen molar-refractivity contribution in [1.82, 2.24) is 4.98 Å². The fraction of sp³-hybridized carbons (Fsp3) is 0.286. The van der Waals surface area contributed by atoms with Crippen molar-refractivity contribution in [1.29, 1.82) is 0 Å². The third-order valence-electron chi connectivity index (χ3n) is 1.23. The third-order valence-corrected chi connectivity index (χ3v) is 1.43. The van der Waals surface area contributed by atoms with Gasteiger partial charge in [-0.1, -0.05) is 11.6 Å². The smallest absolute Gasteiger partial charge is 0.131 e. The highest BCUT2D eigenvalue weighted by atomic mass is 35.5. The topological polar surface area (TPSA) is 16.1 Å². The van der Waals surface area contributed by atoms with E-state index in [9.17, 15) is 0 Å². The van der Waals surface area contributed by atoms with Crippen LogP contribution < -0.4 is 4.90 Å². The van der Waals surface area contributed by atoms with E-state index >= 15 is 0 Å². The molecule has 0 aliphatic carbocycles. The van der Waals surface area contributed by atoms with Gasteiger partial charge in [-0.15, -0.1) is 0 Å². The summed E-state index contributed by atoms with van der Waals surface area (Å²) in [6, 6.07) is 3.73. The Hall–Kier alpha value is -0.760. The first-order valence-corrected chi connectivity index (χ1v) is 3.37. The Morgan fingerprint density at radius 3 is 2.60 bits per heavy atom. The molecule has 1 heterocycles. The summed E-state index contributed by atoms with van der Waals surface area (Å²) in [7, 11) is 3.93. The Morgan fingerprint density at radius 1 is 1.50 bits per heavy atom. The predicted molar refractivity (Wildman–Crippen MR) is 43.6 cm³/mol. The maximum atomic E-state index is 5.65. The molecule has 0 aliphatic heterocycles. The Labute approximate surface area is 65.4 Å². The van der Waals surface area contributed by atoms with E-state index in [1.54, 1.807) is 6.20 Å². The summed E-state index contributed by atoms with van der Waals surface area (Å²) in [6.07, 6.45) is 1.69. The molecular weight excluding hydrogens is 148 g/mol. The predicted octanol–water partition coefficient (Wildman–Crippen LogP) is 1.80. The van der Waals surface area contributed by atoms with Crippen molar-refractivity contribution in [2.45, 2.75) is 0 Å². The van der Waals surface area contributed by atoms with E-state index in [2.05, 4.69) is 4.98 Å². The summed E-state index contributed by atoms with van der Waals surface area (Å²) in [5.41, 5.74) is 1.07. The van der Waals surface area contributed by atoms with Crippen LogP contribution in [-0.2, 0) is 0 Å². The van der Waals surface area contributed by atoms with Gasteiger partial charge in [-0.2, -0.15) is 0 Å². The van der Waals surface area contributed by atoms with E-state index in [4.69, 9.17) is 11.6 Å². The minimum atomic E-state index is 0.534. The van der Waals surface area contributed by atoms with Gasteiger partial charge in [-0.05, 0) is 12.1 Å². The van der Waals surface area contributed by atoms with Crippen LogP contribution in [0.15, 0.2) is 18.3 Å². The zero-order valence-electron chi connectivity index (χ0n) is 6.00. The van der Waals surface area contributed by atoms with Crippen molar-refractivity contribution >= 4 is 17.3 Å². The van der Waals surface area contributed by atoms with E-state index in [1.807, 2.05) is 31.1 Å². The van der Waals surface area contributed by atoms with Crippen LogP contribution in [0.3, 0.4) is 0 Å². The van der Waals surface area contributed by atoms with Crippen LogP contribution in [0.1, 0.15) is 0 Å². The lowest BCUT2D eigenvalue weighted by atomic mass is 10.4. The zero-order chi connectivity index (χ0) is 7.56. The number of pyridine rings is 1. The summed E-state index contributed by atoms with van der Waals surface area (Å²) in [4.78, 5) is 5.84. The SMILES string of the molecule is CN(C)c1ccnc(Cl)c1. The summed E-state index contributed by atoms with van der Waals surface area (Å²) >= 11 is 5.65. The van der Waals surface area contributed by atoms with Crippen molar-refractivity contribution in [3.63, 3.8) is 0 Å². The number of aromatic nitrogens is 1. The quantitative estimate of drug-likeness (QED) is 0.577. The molecule has 0 fully saturated rings. The van der Waals surface area contributed by atoms with Crippen molar-refractivity contribution in [2.24, 2.45) is 0 Å². The van der Waals surface area contributed by atoms with Crippen LogP contribution in [0.25, 0.3) is 0 Å². The highest BCUT2D eigenvalue weighted by Crippen LogP contribution is 2.13. The monoisotopic (exact) mass is 156 g/mol. The van der Waals surface area contributed by atoms with Gasteiger partial charge in [0.15, 0.2) is 0 Å². The molecular formula is C7H9ClN2. The first kappa shape index (κ1) is 7.35. The van der Waals surface area contributed by atoms with Gasteiger partial charge in [-0.25, -0.2) is 4.98 Å². The molecule has 1 aromatic rings. The standard InChI is InChI=1S/C7H9ClN2/c1-10(2)6-3-4-9-7(8)5-6/h3-5H,1-2H3. The molecule has 0 aromatic carbocycles. The largest absolute Gasteiger partial charge is 0.378 e. The number of hydrogen-bond acceptors (Lipinski definition) is 2. The highest BCUT2D eigenvalue weighted by molar-refractivity contribution is 6.29. The number of halogens is 1. The summed E-state index contributed by atoms with van der Waals surface area (Å²) in [6.45, 7) is 0. The van der Waals surface area contributed by atoms with Gasteiger partial charge in [0.05, 0.1) is 0 Å². The van der Waals surface area contributed by atoms with E-state index < -0.39 is 0 Å².